The molecule has 0 radical (unpaired) electrons. The standard InChI is InChI=1S/C11H22N2O3/c1-9(14)12-7-5-6-8-13-10(15)16-11(2,3)4/h5-8H2,1-4H3,(H,12,14)(H,13,15)/i1D3/hD2. The molecule has 0 bridgehead atoms. The number of nitrogens with one attached hydrogen (secondary N) is 2. The Kier molecular flexibility index (Phi) is 3.51. The molecule has 0 aromatic heterocycles. The molecule has 0 heterocycles. The lowest BCUT2D eigenvalue weighted by atomic mass is 10.2. The normalized spacial score (nSPS) is 16.1. The van der Waals surface area contributed by atoms with Crippen LogP contribution in [-0.2, 0) is 9.53 Å². The van der Waals surface area contributed by atoms with E-state index in [1.54, 1.807) is 20.8 Å². The molecule has 0 saturated carbocycles. The largest absolute Gasteiger partial charge is 0.444 e. The molecule has 0 aromatic carbocycles. The van der Waals surface area contributed by atoms with E-state index in [0.717, 1.165) is 0 Å². The van der Waals surface area contributed by atoms with Crippen LogP contribution in [0.25, 0.3) is 0 Å². The van der Waals surface area contributed by atoms with Gasteiger partial charge in [-0.15, -0.1) is 0 Å². The molecule has 5 nitrogen and oxygen atoms in total. The lowest BCUT2D eigenvalue weighted by Gasteiger charge is -2.19. The van der Waals surface area contributed by atoms with Crippen LogP contribution in [0.3, 0.4) is 0 Å². The number of hydrogen-bond donors (Lipinski definition) is 2. The fraction of sp³-hybridized carbons (Fsp3) is 0.818. The summed E-state index contributed by atoms with van der Waals surface area (Å²) in [5.74, 6) is -1.24. The van der Waals surface area contributed by atoms with E-state index < -0.39 is 24.5 Å². The molecule has 0 fully saturated rings. The third kappa shape index (κ3) is 10.8. The van der Waals surface area contributed by atoms with E-state index >= 15 is 0 Å². The first-order valence-electron chi connectivity index (χ1n) is 7.54. The van der Waals surface area contributed by atoms with Gasteiger partial charge in [0, 0.05) is 24.1 Å². The molecular weight excluding hydrogens is 208 g/mol. The van der Waals surface area contributed by atoms with Crippen molar-refractivity contribution in [1.82, 2.24) is 10.6 Å². The number of hydrogen-bond acceptors (Lipinski definition) is 3. The van der Waals surface area contributed by atoms with Crippen LogP contribution < -0.4 is 10.6 Å². The summed E-state index contributed by atoms with van der Waals surface area (Å²) in [5, 5.41) is 1.04. The molecule has 5 heteroatoms. The number of carbonyl (C=O) groups excluding carboxylic acids is 2. The summed E-state index contributed by atoms with van der Waals surface area (Å²) in [6, 6.07) is 0. The van der Waals surface area contributed by atoms with Crippen LogP contribution in [0.4, 0.5) is 4.79 Å². The highest BCUT2D eigenvalue weighted by atomic mass is 16.6. The average Bonchev–Trinajstić information content (AvgIpc) is 2.29. The van der Waals surface area contributed by atoms with Crippen molar-refractivity contribution in [3.8, 4) is 0 Å². The van der Waals surface area contributed by atoms with Crippen molar-refractivity contribution in [3.05, 3.63) is 0 Å². The monoisotopic (exact) mass is 235 g/mol. The van der Waals surface area contributed by atoms with Gasteiger partial charge in [-0.3, -0.25) is 4.79 Å². The molecule has 2 N–H and O–H groups in total. The summed E-state index contributed by atoms with van der Waals surface area (Å²) in [4.78, 5) is 22.7. The van der Waals surface area contributed by atoms with Gasteiger partial charge in [0.1, 0.15) is 5.60 Å². The van der Waals surface area contributed by atoms with Crippen LogP contribution in [0.15, 0.2) is 0 Å². The molecule has 94 valence electrons. The minimum absolute atomic E-state index is 0.0701. The highest BCUT2D eigenvalue weighted by Crippen LogP contribution is 2.06. The number of unbranched alkanes of at least 4 members (excludes halogenated alkanes) is 1. The highest BCUT2D eigenvalue weighted by Gasteiger charge is 2.15. The molecule has 0 atom stereocenters. The van der Waals surface area contributed by atoms with Gasteiger partial charge >= 0.3 is 6.09 Å². The van der Waals surface area contributed by atoms with Crippen molar-refractivity contribution in [3.63, 3.8) is 0 Å². The molecular formula is C11H22N2O3. The maximum atomic E-state index is 11.5. The topological polar surface area (TPSA) is 67.4 Å². The zero-order chi connectivity index (χ0) is 16.8. The molecule has 16 heavy (non-hydrogen) atoms. The Balaban J connectivity index is 4.00. The van der Waals surface area contributed by atoms with E-state index in [1.165, 1.54) is 0 Å². The van der Waals surface area contributed by atoms with Gasteiger partial charge in [-0.25, -0.2) is 4.79 Å². The highest BCUT2D eigenvalue weighted by molar-refractivity contribution is 5.72. The van der Waals surface area contributed by atoms with Crippen LogP contribution in [0.2, 0.25) is 2.82 Å². The smallest absolute Gasteiger partial charge is 0.407 e. The molecule has 2 amide bonds. The van der Waals surface area contributed by atoms with E-state index in [2.05, 4.69) is 0 Å². The Labute approximate surface area is 104 Å². The van der Waals surface area contributed by atoms with Gasteiger partial charge in [0.2, 0.25) is 5.91 Å². The van der Waals surface area contributed by atoms with E-state index in [0.29, 0.717) is 23.5 Å². The zero-order valence-electron chi connectivity index (χ0n) is 14.9. The molecule has 0 unspecified atom stereocenters. The molecule has 0 aromatic rings. The van der Waals surface area contributed by atoms with E-state index in [9.17, 15) is 9.59 Å². The van der Waals surface area contributed by atoms with Crippen molar-refractivity contribution in [2.75, 3.05) is 13.1 Å². The number of alkyl carbamates (subject to hydrolysis) is 1. The lowest BCUT2D eigenvalue weighted by molar-refractivity contribution is -0.118. The second kappa shape index (κ2) is 7.09. The number of rotatable bonds is 5. The summed E-state index contributed by atoms with van der Waals surface area (Å²) in [7, 11) is 0. The Morgan fingerprint density at radius 3 is 2.31 bits per heavy atom. The Hall–Kier alpha value is -1.26. The minimum Gasteiger partial charge on any atom is -0.444 e. The predicted molar refractivity (Wildman–Crippen MR) is 62.2 cm³/mol. The zero-order valence-corrected chi connectivity index (χ0v) is 9.95. The van der Waals surface area contributed by atoms with Crippen molar-refractivity contribution >= 4 is 12.0 Å². The SMILES string of the molecule is [2H]N(CCCCN([2H])C(=O)C([2H])([2H])[2H])C(=O)OC(C)(C)C. The van der Waals surface area contributed by atoms with Gasteiger partial charge in [-0.1, -0.05) is 0 Å². The number of amides is 2. The van der Waals surface area contributed by atoms with Crippen molar-refractivity contribution in [2.24, 2.45) is 0 Å². The quantitative estimate of drug-likeness (QED) is 0.708. The fourth-order valence-electron chi connectivity index (χ4n) is 0.869. The maximum Gasteiger partial charge on any atom is 0.407 e. The van der Waals surface area contributed by atoms with Crippen LogP contribution in [0.5, 0.6) is 0 Å². The third-order valence-electron chi connectivity index (χ3n) is 1.46. The van der Waals surface area contributed by atoms with Crippen molar-refractivity contribution < 1.29 is 21.3 Å². The van der Waals surface area contributed by atoms with Crippen molar-refractivity contribution in [1.29, 1.82) is 0 Å². The van der Waals surface area contributed by atoms with Crippen LogP contribution in [0, 0.1) is 0 Å². The predicted octanol–water partition coefficient (Wildman–Crippen LogP) is 1.43. The average molecular weight is 235 g/mol. The van der Waals surface area contributed by atoms with E-state index in [4.69, 9.17) is 11.7 Å². The Bertz CT molecular complexity index is 368. The van der Waals surface area contributed by atoms with Gasteiger partial charge in [-0.05, 0) is 33.6 Å². The molecule has 0 saturated heterocycles. The molecule has 0 aliphatic rings. The summed E-state index contributed by atoms with van der Waals surface area (Å²) in [6.45, 7) is 2.26. The van der Waals surface area contributed by atoms with Gasteiger partial charge in [0.25, 0.3) is 0 Å². The van der Waals surface area contributed by atoms with E-state index in [-0.39, 0.29) is 13.1 Å². The number of ether oxygens (including phenoxy) is 1. The van der Waals surface area contributed by atoms with Crippen LogP contribution in [0.1, 0.15) is 44.6 Å². The Morgan fingerprint density at radius 1 is 1.25 bits per heavy atom. The Morgan fingerprint density at radius 2 is 1.81 bits per heavy atom. The molecule has 0 aliphatic heterocycles. The van der Waals surface area contributed by atoms with Gasteiger partial charge in [0.05, 0.1) is 0 Å². The lowest BCUT2D eigenvalue weighted by Crippen LogP contribution is -2.33. The number of carbonyl (C=O) groups is 2. The first kappa shape index (κ1) is 7.92. The summed E-state index contributed by atoms with van der Waals surface area (Å²) < 4.78 is 40.4. The van der Waals surface area contributed by atoms with Gasteiger partial charge in [-0.2, -0.15) is 0 Å². The summed E-state index contributed by atoms with van der Waals surface area (Å²) >= 11 is 0. The van der Waals surface area contributed by atoms with Crippen LogP contribution in [-0.4, -0.2) is 30.7 Å². The summed E-state index contributed by atoms with van der Waals surface area (Å²) in [6.07, 6.45) is -0.112. The minimum atomic E-state index is -2.82. The third-order valence-corrected chi connectivity index (χ3v) is 1.46. The second-order valence-corrected chi connectivity index (χ2v) is 4.26. The van der Waals surface area contributed by atoms with Crippen LogP contribution >= 0.6 is 0 Å². The summed E-state index contributed by atoms with van der Waals surface area (Å²) in [5.41, 5.74) is -0.680. The first-order chi connectivity index (χ1) is 9.34. The molecule has 0 spiro atoms. The van der Waals surface area contributed by atoms with Gasteiger partial charge < -0.3 is 15.4 Å². The second-order valence-electron chi connectivity index (χ2n) is 4.26. The molecule has 0 aliphatic carbocycles. The first-order valence-corrected chi connectivity index (χ1v) is 5.15. The van der Waals surface area contributed by atoms with E-state index in [1.807, 2.05) is 0 Å². The van der Waals surface area contributed by atoms with Gasteiger partial charge in [0.15, 0.2) is 2.82 Å². The maximum absolute atomic E-state index is 11.5. The fourth-order valence-corrected chi connectivity index (χ4v) is 0.869. The molecule has 0 rings (SSSR count). The van der Waals surface area contributed by atoms with Crippen molar-refractivity contribution in [2.45, 2.75) is 46.1 Å².